The number of imidazole rings is 1. The predicted octanol–water partition coefficient (Wildman–Crippen LogP) is 3.37. The van der Waals surface area contributed by atoms with E-state index in [2.05, 4.69) is 14.9 Å². The van der Waals surface area contributed by atoms with Crippen LogP contribution in [0.4, 0.5) is 14.5 Å². The third-order valence-electron chi connectivity index (χ3n) is 7.61. The summed E-state index contributed by atoms with van der Waals surface area (Å²) in [6.45, 7) is 1.69. The van der Waals surface area contributed by atoms with E-state index in [1.165, 1.54) is 31.0 Å². The molecule has 0 unspecified atom stereocenters. The van der Waals surface area contributed by atoms with Gasteiger partial charge in [0.25, 0.3) is 12.3 Å². The van der Waals surface area contributed by atoms with Crippen LogP contribution in [0, 0.1) is 0 Å². The number of amides is 2. The highest BCUT2D eigenvalue weighted by Crippen LogP contribution is 2.48. The van der Waals surface area contributed by atoms with Crippen molar-refractivity contribution in [2.75, 3.05) is 24.6 Å². The number of halogens is 2. The van der Waals surface area contributed by atoms with E-state index in [9.17, 15) is 23.5 Å². The fourth-order valence-electron chi connectivity index (χ4n) is 5.47. The topological polar surface area (TPSA) is 93.9 Å². The zero-order valence-corrected chi connectivity index (χ0v) is 20.4. The second kappa shape index (κ2) is 9.18. The van der Waals surface area contributed by atoms with Crippen molar-refractivity contribution in [3.8, 4) is 0 Å². The van der Waals surface area contributed by atoms with Gasteiger partial charge in [-0.2, -0.15) is 4.99 Å². The van der Waals surface area contributed by atoms with E-state index in [1.807, 2.05) is 23.1 Å². The molecule has 1 aliphatic heterocycles. The number of aliphatic hydroxyl groups excluding tert-OH is 1. The van der Waals surface area contributed by atoms with Crippen LogP contribution in [0.15, 0.2) is 47.5 Å². The minimum atomic E-state index is -2.68. The van der Waals surface area contributed by atoms with Gasteiger partial charge >= 0.3 is 0 Å². The minimum absolute atomic E-state index is 0.0378. The van der Waals surface area contributed by atoms with E-state index < -0.39 is 12.3 Å². The molecule has 10 heteroatoms. The largest absolute Gasteiger partial charge is 0.396 e. The molecule has 1 spiro atoms. The lowest BCUT2D eigenvalue weighted by Crippen LogP contribution is -2.59. The summed E-state index contributed by atoms with van der Waals surface area (Å²) in [6.07, 6.45) is 2.06. The third-order valence-corrected chi connectivity index (χ3v) is 7.61. The number of carbonyl (C=O) groups excluding carboxylic acids is 2. The van der Waals surface area contributed by atoms with Crippen molar-refractivity contribution < 1.29 is 23.5 Å². The lowest BCUT2D eigenvalue weighted by atomic mass is 10.1. The van der Waals surface area contributed by atoms with Crippen molar-refractivity contribution in [2.45, 2.75) is 56.7 Å². The van der Waals surface area contributed by atoms with Crippen molar-refractivity contribution in [3.05, 3.63) is 59.2 Å². The first-order chi connectivity index (χ1) is 17.9. The summed E-state index contributed by atoms with van der Waals surface area (Å²) in [7, 11) is 0. The number of carbonyl (C=O) groups is 2. The van der Waals surface area contributed by atoms with Crippen LogP contribution in [-0.2, 0) is 11.3 Å². The van der Waals surface area contributed by atoms with Crippen molar-refractivity contribution in [1.82, 2.24) is 14.5 Å². The predicted molar refractivity (Wildman–Crippen MR) is 133 cm³/mol. The van der Waals surface area contributed by atoms with Gasteiger partial charge < -0.3 is 19.6 Å². The normalized spacial score (nSPS) is 19.9. The van der Waals surface area contributed by atoms with E-state index in [1.54, 1.807) is 4.57 Å². The van der Waals surface area contributed by atoms with Crippen molar-refractivity contribution in [3.63, 3.8) is 0 Å². The molecule has 2 amide bonds. The quantitative estimate of drug-likeness (QED) is 0.511. The van der Waals surface area contributed by atoms with Gasteiger partial charge in [0.15, 0.2) is 0 Å². The molecule has 2 aromatic carbocycles. The highest BCUT2D eigenvalue weighted by molar-refractivity contribution is 5.99. The molecule has 37 heavy (non-hydrogen) atoms. The summed E-state index contributed by atoms with van der Waals surface area (Å²) in [5.74, 6) is -0.538. The average Bonchev–Trinajstić information content (AvgIpc) is 3.82. The van der Waals surface area contributed by atoms with Crippen molar-refractivity contribution >= 4 is 28.5 Å². The fourth-order valence-corrected chi connectivity index (χ4v) is 5.47. The first-order valence-electron chi connectivity index (χ1n) is 12.8. The molecule has 2 aliphatic carbocycles. The molecule has 8 nitrogen and oxygen atoms in total. The molecule has 3 fully saturated rings. The van der Waals surface area contributed by atoms with Crippen LogP contribution in [0.5, 0.6) is 0 Å². The van der Waals surface area contributed by atoms with Crippen LogP contribution < -0.4 is 10.5 Å². The number of fused-ring (bicyclic) bond motifs is 1. The number of aromatic nitrogens is 2. The van der Waals surface area contributed by atoms with Gasteiger partial charge in [-0.15, -0.1) is 0 Å². The monoisotopic (exact) mass is 509 g/mol. The second-order valence-electron chi connectivity index (χ2n) is 10.3. The smallest absolute Gasteiger partial charge is 0.280 e. The fraction of sp³-hybridized carbons (Fsp3) is 0.444. The summed E-state index contributed by atoms with van der Waals surface area (Å²) in [6, 6.07) is 11.6. The highest BCUT2D eigenvalue weighted by Gasteiger charge is 2.56. The van der Waals surface area contributed by atoms with Gasteiger partial charge in [-0.1, -0.05) is 12.1 Å². The van der Waals surface area contributed by atoms with Gasteiger partial charge in [-0.05, 0) is 62.4 Å². The van der Waals surface area contributed by atoms with E-state index >= 15 is 0 Å². The molecule has 2 heterocycles. The maximum Gasteiger partial charge on any atom is 0.280 e. The molecule has 1 saturated heterocycles. The maximum atomic E-state index is 13.2. The molecule has 3 aliphatic rings. The number of H-pyrrole nitrogens is 1. The van der Waals surface area contributed by atoms with Crippen LogP contribution >= 0.6 is 0 Å². The number of nitrogens with zero attached hydrogens (tertiary/aromatic N) is 4. The Morgan fingerprint density at radius 2 is 2.00 bits per heavy atom. The Hall–Kier alpha value is -3.37. The van der Waals surface area contributed by atoms with Gasteiger partial charge in [0.05, 0.1) is 23.1 Å². The maximum absolute atomic E-state index is 13.2. The molecule has 2 saturated carbocycles. The summed E-state index contributed by atoms with van der Waals surface area (Å²) < 4.78 is 28.0. The van der Waals surface area contributed by atoms with Crippen LogP contribution in [0.25, 0.3) is 11.0 Å². The van der Waals surface area contributed by atoms with Gasteiger partial charge in [-0.3, -0.25) is 14.5 Å². The van der Waals surface area contributed by atoms with Gasteiger partial charge in [0.1, 0.15) is 0 Å². The lowest BCUT2D eigenvalue weighted by molar-refractivity contribution is -0.122. The number of benzene rings is 2. The molecule has 3 aromatic rings. The molecule has 0 atom stereocenters. The Labute approximate surface area is 212 Å². The number of alkyl halides is 2. The molecule has 0 bridgehead atoms. The summed E-state index contributed by atoms with van der Waals surface area (Å²) in [5, 5.41) is 9.40. The molecule has 0 radical (unpaired) electrons. The van der Waals surface area contributed by atoms with Crippen LogP contribution in [0.3, 0.4) is 0 Å². The number of piperazine rings is 1. The molecular weight excluding hydrogens is 480 g/mol. The molecule has 1 aromatic heterocycles. The standard InChI is InChI=1S/C27H29F2N5O3/c28-24(29)17-3-1-4-18(13-17)25(37)31-26-30-21-14-20(7-8-22(21)33(26)11-2-12-35)34-23(36)15-32(19-5-6-19)16-27(34)9-10-27/h1,3-4,7-8,13-14,19,24,35H,2,5-6,9-12,15-16H2,(H,30,31,37). The number of aromatic amines is 1. The lowest BCUT2D eigenvalue weighted by Gasteiger charge is -2.42. The number of hydrogen-bond donors (Lipinski definition) is 2. The number of rotatable bonds is 7. The van der Waals surface area contributed by atoms with Gasteiger partial charge in [0.2, 0.25) is 11.5 Å². The summed E-state index contributed by atoms with van der Waals surface area (Å²) in [4.78, 5) is 37.8. The zero-order chi connectivity index (χ0) is 25.7. The third kappa shape index (κ3) is 4.48. The minimum Gasteiger partial charge on any atom is -0.396 e. The Kier molecular flexibility index (Phi) is 5.95. The zero-order valence-electron chi connectivity index (χ0n) is 20.4. The SMILES string of the molecule is O=C(/N=c1\[nH]c2cc(N3C(=O)CN(C4CC4)CC34CC4)ccc2n1CCCO)c1cccc(C(F)F)c1. The van der Waals surface area contributed by atoms with Crippen molar-refractivity contribution in [2.24, 2.45) is 4.99 Å². The number of nitrogens with one attached hydrogen (secondary N) is 1. The summed E-state index contributed by atoms with van der Waals surface area (Å²) in [5.41, 5.74) is 2.24. The molecule has 194 valence electrons. The Morgan fingerprint density at radius 1 is 1.19 bits per heavy atom. The number of anilines is 1. The van der Waals surface area contributed by atoms with E-state index in [-0.39, 0.29) is 34.8 Å². The van der Waals surface area contributed by atoms with E-state index in [0.29, 0.717) is 31.1 Å². The van der Waals surface area contributed by atoms with Crippen molar-refractivity contribution in [1.29, 1.82) is 0 Å². The molecule has 2 N–H and O–H groups in total. The second-order valence-corrected chi connectivity index (χ2v) is 10.3. The van der Waals surface area contributed by atoms with Crippen LogP contribution in [0.2, 0.25) is 0 Å². The van der Waals surface area contributed by atoms with E-state index in [4.69, 9.17) is 0 Å². The summed E-state index contributed by atoms with van der Waals surface area (Å²) >= 11 is 0. The number of aryl methyl sites for hydroxylation is 1. The Bertz CT molecular complexity index is 1440. The van der Waals surface area contributed by atoms with Gasteiger partial charge in [-0.25, -0.2) is 8.78 Å². The van der Waals surface area contributed by atoms with Crippen LogP contribution in [-0.4, -0.2) is 62.6 Å². The Morgan fingerprint density at radius 3 is 2.70 bits per heavy atom. The highest BCUT2D eigenvalue weighted by atomic mass is 19.3. The first-order valence-corrected chi connectivity index (χ1v) is 12.8. The first kappa shape index (κ1) is 24.0. The molecule has 6 rings (SSSR count). The van der Waals surface area contributed by atoms with E-state index in [0.717, 1.165) is 36.7 Å². The van der Waals surface area contributed by atoms with Crippen LogP contribution in [0.1, 0.15) is 54.5 Å². The number of aliphatic hydroxyl groups is 1. The Balaban J connectivity index is 1.37. The number of hydrogen-bond acceptors (Lipinski definition) is 4. The molecular formula is C27H29F2N5O3. The van der Waals surface area contributed by atoms with Gasteiger partial charge in [0, 0.05) is 42.6 Å². The average molecular weight is 510 g/mol.